The first kappa shape index (κ1) is 21.1. The molecular formula is C20H25ClFN5O2. The molecule has 1 aromatic carbocycles. The molecule has 0 radical (unpaired) electrons. The third-order valence-corrected chi connectivity index (χ3v) is 5.05. The first-order valence-electron chi connectivity index (χ1n) is 9.72. The third kappa shape index (κ3) is 5.47. The highest BCUT2D eigenvalue weighted by atomic mass is 35.5. The van der Waals surface area contributed by atoms with Crippen molar-refractivity contribution < 1.29 is 13.9 Å². The topological polar surface area (TPSA) is 70.6 Å². The van der Waals surface area contributed by atoms with Gasteiger partial charge in [-0.1, -0.05) is 24.9 Å². The normalized spacial score (nSPS) is 16.6. The van der Waals surface area contributed by atoms with Gasteiger partial charge in [0.25, 0.3) is 0 Å². The minimum absolute atomic E-state index is 0.0149. The fourth-order valence-corrected chi connectivity index (χ4v) is 3.33. The van der Waals surface area contributed by atoms with Crippen LogP contribution in [0.15, 0.2) is 30.6 Å². The maximum atomic E-state index is 13.3. The second-order valence-corrected chi connectivity index (χ2v) is 7.37. The molecule has 9 heteroatoms. The minimum Gasteiger partial charge on any atom is -0.439 e. The van der Waals surface area contributed by atoms with E-state index in [1.165, 1.54) is 24.5 Å². The number of hydrogen-bond donors (Lipinski definition) is 1. The molecular weight excluding hydrogens is 397 g/mol. The first-order chi connectivity index (χ1) is 14.0. The molecule has 0 unspecified atom stereocenters. The molecule has 0 spiro atoms. The van der Waals surface area contributed by atoms with E-state index in [4.69, 9.17) is 16.3 Å². The van der Waals surface area contributed by atoms with E-state index in [-0.39, 0.29) is 17.1 Å². The number of benzene rings is 1. The summed E-state index contributed by atoms with van der Waals surface area (Å²) < 4.78 is 19.0. The molecule has 1 aromatic heterocycles. The van der Waals surface area contributed by atoms with Crippen LogP contribution in [0, 0.1) is 5.82 Å². The molecule has 29 heavy (non-hydrogen) atoms. The monoisotopic (exact) mass is 421 g/mol. The Morgan fingerprint density at radius 3 is 2.90 bits per heavy atom. The summed E-state index contributed by atoms with van der Waals surface area (Å²) in [5, 5.41) is 2.95. The van der Waals surface area contributed by atoms with Gasteiger partial charge in [-0.25, -0.2) is 19.2 Å². The minimum atomic E-state index is -0.506. The number of ether oxygens (including phenoxy) is 1. The van der Waals surface area contributed by atoms with Gasteiger partial charge in [-0.3, -0.25) is 0 Å². The number of amides is 2. The molecule has 0 aliphatic carbocycles. The molecule has 1 atom stereocenters. The van der Waals surface area contributed by atoms with Gasteiger partial charge < -0.3 is 19.9 Å². The Morgan fingerprint density at radius 2 is 2.17 bits per heavy atom. The number of unbranched alkanes of at least 4 members (excludes halogenated alkanes) is 1. The molecule has 1 aliphatic rings. The van der Waals surface area contributed by atoms with Gasteiger partial charge in [-0.15, -0.1) is 0 Å². The second-order valence-electron chi connectivity index (χ2n) is 6.97. The van der Waals surface area contributed by atoms with Crippen molar-refractivity contribution in [3.05, 3.63) is 41.4 Å². The molecule has 7 nitrogen and oxygen atoms in total. The first-order valence-corrected chi connectivity index (χ1v) is 10.1. The summed E-state index contributed by atoms with van der Waals surface area (Å²) in [6.07, 6.45) is 3.44. The number of halogens is 2. The van der Waals surface area contributed by atoms with Gasteiger partial charge in [0.1, 0.15) is 23.7 Å². The van der Waals surface area contributed by atoms with Crippen LogP contribution in [0.1, 0.15) is 26.7 Å². The molecule has 2 amide bonds. The lowest BCUT2D eigenvalue weighted by Crippen LogP contribution is -2.56. The summed E-state index contributed by atoms with van der Waals surface area (Å²) >= 11 is 5.79. The number of carbonyl (C=O) groups excluding carboxylic acids is 1. The van der Waals surface area contributed by atoms with E-state index >= 15 is 0 Å². The molecule has 1 N–H and O–H groups in total. The van der Waals surface area contributed by atoms with Crippen molar-refractivity contribution in [2.75, 3.05) is 31.1 Å². The Balaban J connectivity index is 1.62. The number of rotatable bonds is 6. The van der Waals surface area contributed by atoms with E-state index in [1.54, 1.807) is 6.07 Å². The van der Waals surface area contributed by atoms with Crippen LogP contribution in [0.25, 0.3) is 0 Å². The number of hydrogen-bond acceptors (Lipinski definition) is 5. The second kappa shape index (κ2) is 9.73. The van der Waals surface area contributed by atoms with Crippen LogP contribution >= 0.6 is 11.6 Å². The molecule has 0 saturated carbocycles. The Labute approximate surface area is 174 Å². The van der Waals surface area contributed by atoms with E-state index in [0.717, 1.165) is 12.8 Å². The van der Waals surface area contributed by atoms with Crippen molar-refractivity contribution in [2.45, 2.75) is 32.7 Å². The molecule has 3 rings (SSSR count). The van der Waals surface area contributed by atoms with E-state index in [2.05, 4.69) is 27.1 Å². The Kier molecular flexibility index (Phi) is 7.09. The summed E-state index contributed by atoms with van der Waals surface area (Å²) in [5.41, 5.74) is 0. The zero-order valence-corrected chi connectivity index (χ0v) is 17.3. The van der Waals surface area contributed by atoms with Crippen LogP contribution in [0.5, 0.6) is 11.6 Å². The van der Waals surface area contributed by atoms with Crippen LogP contribution in [-0.2, 0) is 0 Å². The van der Waals surface area contributed by atoms with E-state index in [9.17, 15) is 9.18 Å². The Morgan fingerprint density at radius 1 is 1.34 bits per heavy atom. The van der Waals surface area contributed by atoms with Gasteiger partial charge in [0.15, 0.2) is 0 Å². The smallest absolute Gasteiger partial charge is 0.317 e. The fraction of sp³-hybridized carbons (Fsp3) is 0.450. The zero-order valence-electron chi connectivity index (χ0n) is 16.6. The van der Waals surface area contributed by atoms with Crippen LogP contribution in [0.4, 0.5) is 15.0 Å². The highest BCUT2D eigenvalue weighted by Gasteiger charge is 2.28. The molecule has 1 aliphatic heterocycles. The largest absolute Gasteiger partial charge is 0.439 e. The number of nitrogens with one attached hydrogen (secondary N) is 1. The summed E-state index contributed by atoms with van der Waals surface area (Å²) in [6, 6.07) is 5.87. The quantitative estimate of drug-likeness (QED) is 0.711. The highest BCUT2D eigenvalue weighted by Crippen LogP contribution is 2.27. The highest BCUT2D eigenvalue weighted by molar-refractivity contribution is 6.30. The summed E-state index contributed by atoms with van der Waals surface area (Å²) in [7, 11) is 0. The number of piperazine rings is 1. The van der Waals surface area contributed by atoms with Gasteiger partial charge in [0, 0.05) is 44.4 Å². The van der Waals surface area contributed by atoms with Crippen LogP contribution < -0.4 is 15.0 Å². The van der Waals surface area contributed by atoms with E-state index < -0.39 is 5.82 Å². The fourth-order valence-electron chi connectivity index (χ4n) is 3.16. The predicted octanol–water partition coefficient (Wildman–Crippen LogP) is 4.08. The number of aromatic nitrogens is 2. The van der Waals surface area contributed by atoms with Gasteiger partial charge in [0.2, 0.25) is 5.88 Å². The van der Waals surface area contributed by atoms with E-state index in [1.807, 2.05) is 11.8 Å². The maximum absolute atomic E-state index is 13.3. The molecule has 1 fully saturated rings. The Hall–Kier alpha value is -2.61. The van der Waals surface area contributed by atoms with Gasteiger partial charge in [0.05, 0.1) is 5.02 Å². The van der Waals surface area contributed by atoms with Gasteiger partial charge >= 0.3 is 6.03 Å². The van der Waals surface area contributed by atoms with Crippen LogP contribution in [0.3, 0.4) is 0 Å². The molecule has 1 saturated heterocycles. The summed E-state index contributed by atoms with van der Waals surface area (Å²) in [4.78, 5) is 24.7. The standard InChI is InChI=1S/C20H25ClFN5O2/c1-3-4-7-23-20(28)27-9-8-26(12-14(27)2)18-11-19(25-13-24-18)29-15-5-6-17(22)16(21)10-15/h5-6,10-11,13-14H,3-4,7-9,12H2,1-2H3,(H,23,28)/t14-/m0/s1. The molecule has 2 heterocycles. The molecule has 0 bridgehead atoms. The van der Waals surface area contributed by atoms with Crippen LogP contribution in [-0.4, -0.2) is 53.1 Å². The Bertz CT molecular complexity index is 853. The lowest BCUT2D eigenvalue weighted by molar-refractivity contribution is 0.171. The van der Waals surface area contributed by atoms with Crippen molar-refractivity contribution in [2.24, 2.45) is 0 Å². The molecule has 2 aromatic rings. The van der Waals surface area contributed by atoms with Crippen LogP contribution in [0.2, 0.25) is 5.02 Å². The van der Waals surface area contributed by atoms with Crippen molar-refractivity contribution >= 4 is 23.4 Å². The van der Waals surface area contributed by atoms with Crippen molar-refractivity contribution in [3.63, 3.8) is 0 Å². The van der Waals surface area contributed by atoms with Crippen molar-refractivity contribution in [1.82, 2.24) is 20.2 Å². The summed E-state index contributed by atoms with van der Waals surface area (Å²) in [5.74, 6) is 0.933. The lowest BCUT2D eigenvalue weighted by atomic mass is 10.2. The van der Waals surface area contributed by atoms with Crippen molar-refractivity contribution in [3.8, 4) is 11.6 Å². The average Bonchev–Trinajstić information content (AvgIpc) is 2.71. The van der Waals surface area contributed by atoms with E-state index in [0.29, 0.717) is 43.6 Å². The lowest BCUT2D eigenvalue weighted by Gasteiger charge is -2.40. The number of carbonyl (C=O) groups is 1. The van der Waals surface area contributed by atoms with Crippen molar-refractivity contribution in [1.29, 1.82) is 0 Å². The number of nitrogens with zero attached hydrogens (tertiary/aromatic N) is 4. The maximum Gasteiger partial charge on any atom is 0.317 e. The van der Waals surface area contributed by atoms with Gasteiger partial charge in [-0.05, 0) is 25.5 Å². The average molecular weight is 422 g/mol. The number of anilines is 1. The predicted molar refractivity (Wildman–Crippen MR) is 110 cm³/mol. The SMILES string of the molecule is CCCCNC(=O)N1CCN(c2cc(Oc3ccc(F)c(Cl)c3)ncn2)C[C@@H]1C. The van der Waals surface area contributed by atoms with Gasteiger partial charge in [-0.2, -0.15) is 0 Å². The molecule has 156 valence electrons. The zero-order chi connectivity index (χ0) is 20.8. The third-order valence-electron chi connectivity index (χ3n) is 4.76. The summed E-state index contributed by atoms with van der Waals surface area (Å²) in [6.45, 7) is 6.72. The number of urea groups is 1.